The molecule has 2 aromatic rings. The van der Waals surface area contributed by atoms with E-state index >= 15 is 0 Å². The van der Waals surface area contributed by atoms with Crippen LogP contribution in [0.25, 0.3) is 0 Å². The number of esters is 1. The highest BCUT2D eigenvalue weighted by Crippen LogP contribution is 2.15. The van der Waals surface area contributed by atoms with Crippen LogP contribution >= 0.6 is 11.6 Å². The lowest BCUT2D eigenvalue weighted by Gasteiger charge is -2.14. The van der Waals surface area contributed by atoms with E-state index in [0.717, 1.165) is 0 Å². The maximum atomic E-state index is 12.0. The Morgan fingerprint density at radius 1 is 1.08 bits per heavy atom. The fraction of sp³-hybridized carbons (Fsp3) is 0.167. The van der Waals surface area contributed by atoms with Gasteiger partial charge in [-0.05, 0) is 55.5 Å². The zero-order chi connectivity index (χ0) is 19.1. The summed E-state index contributed by atoms with van der Waals surface area (Å²) in [6, 6.07) is 12.5. The molecule has 136 valence electrons. The molecule has 0 saturated carbocycles. The monoisotopic (exact) mass is 376 g/mol. The number of anilines is 1. The van der Waals surface area contributed by atoms with Gasteiger partial charge in [0.2, 0.25) is 5.91 Å². The minimum atomic E-state index is -1.02. The van der Waals surface area contributed by atoms with E-state index in [9.17, 15) is 14.4 Å². The Morgan fingerprint density at radius 3 is 2.27 bits per heavy atom. The molecule has 2 aromatic carbocycles. The molecule has 26 heavy (non-hydrogen) atoms. The molecule has 0 aliphatic carbocycles. The highest BCUT2D eigenvalue weighted by molar-refractivity contribution is 6.30. The number of nitrogens with one attached hydrogen (secondary N) is 1. The van der Waals surface area contributed by atoms with Crippen molar-refractivity contribution in [1.82, 2.24) is 0 Å². The molecular formula is C18H17ClN2O5. The normalized spacial score (nSPS) is 11.3. The van der Waals surface area contributed by atoms with Crippen molar-refractivity contribution >= 4 is 35.1 Å². The van der Waals surface area contributed by atoms with Crippen molar-refractivity contribution in [2.45, 2.75) is 13.0 Å². The van der Waals surface area contributed by atoms with Crippen LogP contribution in [0.15, 0.2) is 48.5 Å². The number of carbonyl (C=O) groups excluding carboxylic acids is 3. The average molecular weight is 377 g/mol. The van der Waals surface area contributed by atoms with Crippen molar-refractivity contribution < 1.29 is 23.9 Å². The van der Waals surface area contributed by atoms with Gasteiger partial charge in [0.25, 0.3) is 5.91 Å². The Balaban J connectivity index is 1.80. The smallest absolute Gasteiger partial charge is 0.344 e. The zero-order valence-corrected chi connectivity index (χ0v) is 14.7. The Labute approximate surface area is 155 Å². The second kappa shape index (κ2) is 8.87. The van der Waals surface area contributed by atoms with E-state index in [1.54, 1.807) is 24.3 Å². The van der Waals surface area contributed by atoms with Crippen LogP contribution < -0.4 is 15.8 Å². The molecular weight excluding hydrogens is 360 g/mol. The maximum Gasteiger partial charge on any atom is 0.344 e. The van der Waals surface area contributed by atoms with Crippen LogP contribution in [0.5, 0.6) is 5.75 Å². The number of halogens is 1. The van der Waals surface area contributed by atoms with Gasteiger partial charge in [0.05, 0.1) is 0 Å². The number of hydrogen-bond donors (Lipinski definition) is 2. The van der Waals surface area contributed by atoms with Gasteiger partial charge in [-0.1, -0.05) is 11.6 Å². The predicted molar refractivity (Wildman–Crippen MR) is 96.1 cm³/mol. The van der Waals surface area contributed by atoms with Crippen molar-refractivity contribution in [3.63, 3.8) is 0 Å². The van der Waals surface area contributed by atoms with Crippen LogP contribution in [-0.4, -0.2) is 30.5 Å². The molecule has 2 amide bonds. The number of benzene rings is 2. The summed E-state index contributed by atoms with van der Waals surface area (Å²) in [7, 11) is 0. The summed E-state index contributed by atoms with van der Waals surface area (Å²) in [6.07, 6.45) is -1.02. The van der Waals surface area contributed by atoms with Gasteiger partial charge in [-0.15, -0.1) is 0 Å². The Morgan fingerprint density at radius 2 is 1.69 bits per heavy atom. The lowest BCUT2D eigenvalue weighted by Crippen LogP contribution is -2.31. The number of hydrogen-bond acceptors (Lipinski definition) is 5. The first kappa shape index (κ1) is 19.3. The standard InChI is InChI=1S/C18H17ClN2O5/c1-11(18(24)21-14-6-2-12(3-7-14)17(20)23)26-16(22)10-25-15-8-4-13(19)5-9-15/h2-9,11H,10H2,1H3,(H2,20,23)(H,21,24). The number of nitrogens with two attached hydrogens (primary N) is 1. The number of ether oxygens (including phenoxy) is 2. The molecule has 0 saturated heterocycles. The fourth-order valence-electron chi connectivity index (χ4n) is 1.92. The summed E-state index contributed by atoms with van der Waals surface area (Å²) < 4.78 is 10.3. The molecule has 8 heteroatoms. The number of primary amides is 1. The molecule has 0 aliphatic rings. The number of amides is 2. The van der Waals surface area contributed by atoms with Crippen LogP contribution in [0.4, 0.5) is 5.69 Å². The van der Waals surface area contributed by atoms with Crippen molar-refractivity contribution in [3.05, 3.63) is 59.1 Å². The summed E-state index contributed by atoms with van der Waals surface area (Å²) in [5.74, 6) is -1.31. The van der Waals surface area contributed by atoms with Gasteiger partial charge in [0.15, 0.2) is 12.7 Å². The molecule has 0 aromatic heterocycles. The quantitative estimate of drug-likeness (QED) is 0.721. The highest BCUT2D eigenvalue weighted by Gasteiger charge is 2.18. The van der Waals surface area contributed by atoms with Gasteiger partial charge in [-0.2, -0.15) is 0 Å². The SMILES string of the molecule is CC(OC(=O)COc1ccc(Cl)cc1)C(=O)Nc1ccc(C(N)=O)cc1. The van der Waals surface area contributed by atoms with Gasteiger partial charge in [-0.3, -0.25) is 9.59 Å². The van der Waals surface area contributed by atoms with Gasteiger partial charge >= 0.3 is 5.97 Å². The van der Waals surface area contributed by atoms with Crippen molar-refractivity contribution in [2.24, 2.45) is 5.73 Å². The van der Waals surface area contributed by atoms with Gasteiger partial charge < -0.3 is 20.5 Å². The minimum absolute atomic E-state index is 0.321. The topological polar surface area (TPSA) is 108 Å². The molecule has 0 spiro atoms. The van der Waals surface area contributed by atoms with Crippen LogP contribution in [0.3, 0.4) is 0 Å². The van der Waals surface area contributed by atoms with E-state index in [4.69, 9.17) is 26.8 Å². The first-order chi connectivity index (χ1) is 12.3. The average Bonchev–Trinajstić information content (AvgIpc) is 2.61. The third-order valence-electron chi connectivity index (χ3n) is 3.28. The number of carbonyl (C=O) groups is 3. The largest absolute Gasteiger partial charge is 0.482 e. The molecule has 0 radical (unpaired) electrons. The van der Waals surface area contributed by atoms with E-state index in [2.05, 4.69) is 5.32 Å². The second-order valence-electron chi connectivity index (χ2n) is 5.31. The third-order valence-corrected chi connectivity index (χ3v) is 3.54. The second-order valence-corrected chi connectivity index (χ2v) is 5.74. The lowest BCUT2D eigenvalue weighted by molar-refractivity contribution is -0.155. The first-order valence-corrected chi connectivity index (χ1v) is 8.01. The summed E-state index contributed by atoms with van der Waals surface area (Å²) in [6.45, 7) is 1.10. The van der Waals surface area contributed by atoms with E-state index in [1.807, 2.05) is 0 Å². The fourth-order valence-corrected chi connectivity index (χ4v) is 2.05. The molecule has 1 atom stereocenters. The lowest BCUT2D eigenvalue weighted by atomic mass is 10.2. The van der Waals surface area contributed by atoms with Crippen molar-refractivity contribution in [3.8, 4) is 5.75 Å². The van der Waals surface area contributed by atoms with Crippen molar-refractivity contribution in [1.29, 1.82) is 0 Å². The van der Waals surface area contributed by atoms with Gasteiger partial charge in [-0.25, -0.2) is 4.79 Å². The summed E-state index contributed by atoms with van der Waals surface area (Å²) in [5, 5.41) is 3.12. The van der Waals surface area contributed by atoms with Gasteiger partial charge in [0.1, 0.15) is 5.75 Å². The van der Waals surface area contributed by atoms with Crippen LogP contribution in [0.1, 0.15) is 17.3 Å². The summed E-state index contributed by atoms with van der Waals surface area (Å²) in [4.78, 5) is 34.8. The Bertz CT molecular complexity index is 790. The van der Waals surface area contributed by atoms with E-state index < -0.39 is 23.9 Å². The highest BCUT2D eigenvalue weighted by atomic mass is 35.5. The molecule has 0 aliphatic heterocycles. The molecule has 0 heterocycles. The van der Waals surface area contributed by atoms with E-state index in [0.29, 0.717) is 22.0 Å². The number of rotatable bonds is 7. The van der Waals surface area contributed by atoms with Crippen LogP contribution in [0, 0.1) is 0 Å². The molecule has 3 N–H and O–H groups in total. The summed E-state index contributed by atoms with van der Waals surface area (Å²) >= 11 is 5.75. The predicted octanol–water partition coefficient (Wildman–Crippen LogP) is 2.39. The van der Waals surface area contributed by atoms with Crippen molar-refractivity contribution in [2.75, 3.05) is 11.9 Å². The molecule has 1 unspecified atom stereocenters. The first-order valence-electron chi connectivity index (χ1n) is 7.63. The Hall–Kier alpha value is -3.06. The maximum absolute atomic E-state index is 12.0. The van der Waals surface area contributed by atoms with E-state index in [1.165, 1.54) is 31.2 Å². The molecule has 7 nitrogen and oxygen atoms in total. The molecule has 0 fully saturated rings. The third kappa shape index (κ3) is 5.78. The van der Waals surface area contributed by atoms with Crippen LogP contribution in [-0.2, 0) is 14.3 Å². The Kier molecular flexibility index (Phi) is 6.57. The minimum Gasteiger partial charge on any atom is -0.482 e. The molecule has 0 bridgehead atoms. The van der Waals surface area contributed by atoms with E-state index in [-0.39, 0.29) is 6.61 Å². The zero-order valence-electron chi connectivity index (χ0n) is 13.9. The van der Waals surface area contributed by atoms with Crippen LogP contribution in [0.2, 0.25) is 5.02 Å². The van der Waals surface area contributed by atoms with Gasteiger partial charge in [0, 0.05) is 16.3 Å². The summed E-state index contributed by atoms with van der Waals surface area (Å²) in [5.41, 5.74) is 5.91. The molecule has 2 rings (SSSR count).